The predicted molar refractivity (Wildman–Crippen MR) is 146 cm³/mol. The number of aromatic amines is 1. The molecule has 1 N–H and O–H groups in total. The number of aromatic nitrogens is 4. The number of likely N-dealkylation sites (N-methyl/N-ethyl adjacent to an activating group) is 1. The first-order valence-corrected chi connectivity index (χ1v) is 12.5. The fourth-order valence-electron chi connectivity index (χ4n) is 4.81. The molecule has 5 rings (SSSR count). The average Bonchev–Trinajstić information content (AvgIpc) is 3.26. The number of para-hydroxylation sites is 2. The number of ether oxygens (including phenoxy) is 1. The first-order chi connectivity index (χ1) is 18.0. The largest absolute Gasteiger partial charge is 0.486 e. The molecule has 0 aliphatic rings. The minimum absolute atomic E-state index is 0.102. The zero-order valence-corrected chi connectivity index (χ0v) is 21.4. The van der Waals surface area contributed by atoms with Gasteiger partial charge in [0, 0.05) is 19.5 Å². The Hall–Kier alpha value is -4.23. The molecule has 2 aromatic heterocycles. The van der Waals surface area contributed by atoms with Gasteiger partial charge in [-0.05, 0) is 44.2 Å². The van der Waals surface area contributed by atoms with Gasteiger partial charge in [-0.15, -0.1) is 0 Å². The van der Waals surface area contributed by atoms with E-state index in [1.54, 1.807) is 4.68 Å². The number of nitrogens with one attached hydrogen (secondary N) is 1. The van der Waals surface area contributed by atoms with E-state index in [9.17, 15) is 4.79 Å². The number of hydrogen-bond donors (Lipinski definition) is 1. The maximum Gasteiger partial charge on any atom is 0.292 e. The van der Waals surface area contributed by atoms with E-state index in [0.717, 1.165) is 47.7 Å². The van der Waals surface area contributed by atoms with Crippen molar-refractivity contribution in [3.05, 3.63) is 118 Å². The van der Waals surface area contributed by atoms with Crippen LogP contribution in [0, 0.1) is 13.8 Å². The molecular formula is C30H31N5O2. The van der Waals surface area contributed by atoms with Crippen LogP contribution in [0.5, 0.6) is 5.75 Å². The molecule has 7 nitrogen and oxygen atoms in total. The quantitative estimate of drug-likeness (QED) is 0.318. The molecule has 0 aliphatic heterocycles. The summed E-state index contributed by atoms with van der Waals surface area (Å²) >= 11 is 0. The molecule has 7 heteroatoms. The molecule has 0 fully saturated rings. The molecule has 5 aromatic rings. The Balaban J connectivity index is 1.47. The molecule has 0 amide bonds. The Kier molecular flexibility index (Phi) is 7.14. The highest BCUT2D eigenvalue weighted by atomic mass is 16.5. The maximum atomic E-state index is 12.4. The van der Waals surface area contributed by atoms with Gasteiger partial charge in [-0.1, -0.05) is 72.8 Å². The minimum Gasteiger partial charge on any atom is -0.486 e. The van der Waals surface area contributed by atoms with Gasteiger partial charge in [0.25, 0.3) is 5.56 Å². The Morgan fingerprint density at radius 3 is 2.27 bits per heavy atom. The Labute approximate surface area is 216 Å². The molecule has 188 valence electrons. The van der Waals surface area contributed by atoms with Crippen molar-refractivity contribution in [2.45, 2.75) is 32.9 Å². The van der Waals surface area contributed by atoms with Crippen molar-refractivity contribution in [1.82, 2.24) is 24.9 Å². The topological polar surface area (TPSA) is 76.0 Å². The minimum atomic E-state index is -0.301. The van der Waals surface area contributed by atoms with Gasteiger partial charge in [-0.2, -0.15) is 10.2 Å². The van der Waals surface area contributed by atoms with Crippen LogP contribution in [-0.4, -0.2) is 44.6 Å². The van der Waals surface area contributed by atoms with E-state index in [4.69, 9.17) is 4.74 Å². The van der Waals surface area contributed by atoms with Crippen LogP contribution < -0.4 is 10.3 Å². The van der Waals surface area contributed by atoms with Crippen molar-refractivity contribution < 1.29 is 4.74 Å². The summed E-state index contributed by atoms with van der Waals surface area (Å²) in [6.45, 7) is 5.39. The lowest BCUT2D eigenvalue weighted by atomic mass is 10.1. The van der Waals surface area contributed by atoms with Gasteiger partial charge in [0.15, 0.2) is 5.52 Å². The number of rotatable bonds is 9. The van der Waals surface area contributed by atoms with E-state index in [1.807, 2.05) is 50.2 Å². The third kappa shape index (κ3) is 5.47. The third-order valence-electron chi connectivity index (χ3n) is 6.52. The molecule has 1 unspecified atom stereocenters. The summed E-state index contributed by atoms with van der Waals surface area (Å²) in [6.07, 6.45) is 0.659. The third-order valence-corrected chi connectivity index (χ3v) is 6.52. The number of nitrogens with zero attached hydrogens (tertiary/aromatic N) is 4. The van der Waals surface area contributed by atoms with Crippen molar-refractivity contribution in [2.24, 2.45) is 0 Å². The second-order valence-electron chi connectivity index (χ2n) is 9.44. The fourth-order valence-corrected chi connectivity index (χ4v) is 4.81. The zero-order valence-electron chi connectivity index (χ0n) is 21.4. The molecule has 37 heavy (non-hydrogen) atoms. The van der Waals surface area contributed by atoms with Crippen LogP contribution in [0.3, 0.4) is 0 Å². The van der Waals surface area contributed by atoms with E-state index in [2.05, 4.69) is 75.8 Å². The highest BCUT2D eigenvalue weighted by Gasteiger charge is 2.20. The summed E-state index contributed by atoms with van der Waals surface area (Å²) in [4.78, 5) is 14.7. The van der Waals surface area contributed by atoms with Gasteiger partial charge < -0.3 is 4.74 Å². The number of fused-ring (bicyclic) bond motifs is 1. The first-order valence-electron chi connectivity index (χ1n) is 12.5. The molecule has 3 aromatic carbocycles. The van der Waals surface area contributed by atoms with Crippen LogP contribution >= 0.6 is 0 Å². The number of H-pyrrole nitrogens is 1. The van der Waals surface area contributed by atoms with Crippen molar-refractivity contribution >= 4 is 10.9 Å². The van der Waals surface area contributed by atoms with Crippen molar-refractivity contribution in [2.75, 3.05) is 13.6 Å². The van der Waals surface area contributed by atoms with Gasteiger partial charge in [0.05, 0.1) is 16.8 Å². The summed E-state index contributed by atoms with van der Waals surface area (Å²) in [6, 6.07) is 28.7. The van der Waals surface area contributed by atoms with Crippen molar-refractivity contribution in [3.8, 4) is 11.4 Å². The van der Waals surface area contributed by atoms with Crippen LogP contribution in [0.4, 0.5) is 0 Å². The fraction of sp³-hybridized carbons (Fsp3) is 0.233. The van der Waals surface area contributed by atoms with Gasteiger partial charge in [0.2, 0.25) is 0 Å². The summed E-state index contributed by atoms with van der Waals surface area (Å²) in [7, 11) is 2.12. The maximum absolute atomic E-state index is 12.4. The van der Waals surface area contributed by atoms with Crippen LogP contribution in [0.15, 0.2) is 89.7 Å². The van der Waals surface area contributed by atoms with E-state index in [1.165, 1.54) is 11.1 Å². The standard InChI is InChI=1S/C30H31N5O2/c1-21-28-22(2)35(33-29(28)30(36)32-31-21)26-16-10-11-17-27(26)37-25(18-23-12-6-4-7-13-23)20-34(3)19-24-14-8-5-9-15-24/h4-17,25H,18-20H2,1-3H3,(H,32,36). The monoisotopic (exact) mass is 493 g/mol. The summed E-state index contributed by atoms with van der Waals surface area (Å²) in [5.74, 6) is 0.717. The molecule has 0 saturated carbocycles. The van der Waals surface area contributed by atoms with Crippen LogP contribution in [0.1, 0.15) is 22.5 Å². The smallest absolute Gasteiger partial charge is 0.292 e. The van der Waals surface area contributed by atoms with E-state index in [0.29, 0.717) is 5.52 Å². The zero-order chi connectivity index (χ0) is 25.8. The normalized spacial score (nSPS) is 12.2. The first kappa shape index (κ1) is 24.5. The molecule has 0 radical (unpaired) electrons. The Morgan fingerprint density at radius 1 is 0.919 bits per heavy atom. The van der Waals surface area contributed by atoms with Gasteiger partial charge in [0.1, 0.15) is 17.5 Å². The molecule has 2 heterocycles. The van der Waals surface area contributed by atoms with Gasteiger partial charge in [-0.3, -0.25) is 9.69 Å². The molecule has 1 atom stereocenters. The molecule has 0 spiro atoms. The summed E-state index contributed by atoms with van der Waals surface area (Å²) < 4.78 is 8.51. The van der Waals surface area contributed by atoms with Gasteiger partial charge >= 0.3 is 0 Å². The number of benzene rings is 3. The molecule has 0 aliphatic carbocycles. The molecular weight excluding hydrogens is 462 g/mol. The summed E-state index contributed by atoms with van der Waals surface area (Å²) in [5.41, 5.74) is 4.93. The predicted octanol–water partition coefficient (Wildman–Crippen LogP) is 4.85. The van der Waals surface area contributed by atoms with E-state index >= 15 is 0 Å². The lowest BCUT2D eigenvalue weighted by Crippen LogP contribution is -2.34. The van der Waals surface area contributed by atoms with Crippen molar-refractivity contribution in [3.63, 3.8) is 0 Å². The number of aryl methyl sites for hydroxylation is 2. The van der Waals surface area contributed by atoms with Crippen LogP contribution in [0.2, 0.25) is 0 Å². The molecule has 0 saturated heterocycles. The van der Waals surface area contributed by atoms with Gasteiger partial charge in [-0.25, -0.2) is 9.78 Å². The van der Waals surface area contributed by atoms with E-state index < -0.39 is 0 Å². The average molecular weight is 494 g/mol. The highest BCUT2D eigenvalue weighted by Crippen LogP contribution is 2.28. The summed E-state index contributed by atoms with van der Waals surface area (Å²) in [5, 5.41) is 12.1. The van der Waals surface area contributed by atoms with E-state index in [-0.39, 0.29) is 11.7 Å². The second-order valence-corrected chi connectivity index (χ2v) is 9.44. The Morgan fingerprint density at radius 2 is 1.57 bits per heavy atom. The van der Waals surface area contributed by atoms with Crippen LogP contribution in [-0.2, 0) is 13.0 Å². The Bertz CT molecular complexity index is 1540. The second kappa shape index (κ2) is 10.8. The molecule has 0 bridgehead atoms. The highest BCUT2D eigenvalue weighted by molar-refractivity contribution is 5.83. The van der Waals surface area contributed by atoms with Crippen molar-refractivity contribution in [1.29, 1.82) is 0 Å². The number of hydrogen-bond acceptors (Lipinski definition) is 5. The lowest BCUT2D eigenvalue weighted by molar-refractivity contribution is 0.144. The SMILES string of the molecule is Cc1n[nH]c(=O)c2nn(-c3ccccc3OC(Cc3ccccc3)CN(C)Cc3ccccc3)c(C)c12. The lowest BCUT2D eigenvalue weighted by Gasteiger charge is -2.26. The van der Waals surface area contributed by atoms with Crippen LogP contribution in [0.25, 0.3) is 16.6 Å².